The van der Waals surface area contributed by atoms with Gasteiger partial charge < -0.3 is 20.9 Å². The molecule has 1 aromatic rings. The van der Waals surface area contributed by atoms with Gasteiger partial charge in [-0.25, -0.2) is 4.99 Å². The molecule has 0 spiro atoms. The second kappa shape index (κ2) is 11.4. The van der Waals surface area contributed by atoms with Crippen LogP contribution in [0.5, 0.6) is 0 Å². The van der Waals surface area contributed by atoms with Gasteiger partial charge in [0.05, 0.1) is 6.54 Å². The van der Waals surface area contributed by atoms with Crippen molar-refractivity contribution in [2.24, 2.45) is 10.9 Å². The van der Waals surface area contributed by atoms with Gasteiger partial charge in [0.15, 0.2) is 5.96 Å². The molecule has 160 valence electrons. The monoisotopic (exact) mass is 401 g/mol. The fourth-order valence-corrected chi connectivity index (χ4v) is 3.34. The highest BCUT2D eigenvalue weighted by atomic mass is 16.2. The topological polar surface area (TPSA) is 85.8 Å². The Morgan fingerprint density at radius 3 is 2.76 bits per heavy atom. The van der Waals surface area contributed by atoms with Gasteiger partial charge in [-0.1, -0.05) is 32.9 Å². The molecule has 0 aliphatic carbocycles. The molecule has 1 saturated heterocycles. The van der Waals surface area contributed by atoms with Gasteiger partial charge in [-0.05, 0) is 37.0 Å². The molecule has 1 unspecified atom stereocenters. The van der Waals surface area contributed by atoms with Gasteiger partial charge in [0, 0.05) is 44.2 Å². The predicted octanol–water partition coefficient (Wildman–Crippen LogP) is 2.74. The van der Waals surface area contributed by atoms with E-state index in [1.54, 1.807) is 0 Å². The zero-order valence-electron chi connectivity index (χ0n) is 18.1. The van der Waals surface area contributed by atoms with Gasteiger partial charge in [0.25, 0.3) is 0 Å². The van der Waals surface area contributed by atoms with E-state index in [9.17, 15) is 9.59 Å². The lowest BCUT2D eigenvalue weighted by Crippen LogP contribution is -2.45. The molecule has 2 amide bonds. The Hall–Kier alpha value is -2.57. The summed E-state index contributed by atoms with van der Waals surface area (Å²) in [6.45, 7) is 10.8. The number of amides is 2. The third-order valence-corrected chi connectivity index (χ3v) is 4.75. The molecule has 0 aromatic heterocycles. The molecule has 1 aliphatic heterocycles. The number of carbonyl (C=O) groups is 2. The fraction of sp³-hybridized carbons (Fsp3) is 0.591. The van der Waals surface area contributed by atoms with E-state index >= 15 is 0 Å². The zero-order chi connectivity index (χ0) is 21.2. The first kappa shape index (κ1) is 22.7. The predicted molar refractivity (Wildman–Crippen MR) is 118 cm³/mol. The molecule has 0 radical (unpaired) electrons. The van der Waals surface area contributed by atoms with Crippen LogP contribution < -0.4 is 16.0 Å². The maximum Gasteiger partial charge on any atom is 0.224 e. The van der Waals surface area contributed by atoms with E-state index < -0.39 is 0 Å². The van der Waals surface area contributed by atoms with E-state index in [1.165, 1.54) is 0 Å². The summed E-state index contributed by atoms with van der Waals surface area (Å²) in [4.78, 5) is 30.5. The first-order valence-electron chi connectivity index (χ1n) is 10.6. The molecule has 1 aliphatic rings. The van der Waals surface area contributed by atoms with E-state index in [1.807, 2.05) is 56.9 Å². The molecular weight excluding hydrogens is 366 g/mol. The van der Waals surface area contributed by atoms with Gasteiger partial charge in [-0.3, -0.25) is 9.59 Å². The van der Waals surface area contributed by atoms with E-state index in [0.29, 0.717) is 31.8 Å². The second-order valence-corrected chi connectivity index (χ2v) is 7.86. The van der Waals surface area contributed by atoms with Crippen molar-refractivity contribution >= 4 is 23.5 Å². The molecule has 7 heteroatoms. The van der Waals surface area contributed by atoms with Crippen LogP contribution >= 0.6 is 0 Å². The summed E-state index contributed by atoms with van der Waals surface area (Å²) < 4.78 is 0. The molecule has 29 heavy (non-hydrogen) atoms. The number of nitrogens with zero attached hydrogens (tertiary/aromatic N) is 2. The lowest BCUT2D eigenvalue weighted by molar-refractivity contribution is -0.129. The van der Waals surface area contributed by atoms with Crippen LogP contribution in [0.25, 0.3) is 0 Å². The van der Waals surface area contributed by atoms with Crippen LogP contribution in [0.2, 0.25) is 0 Å². The number of hydrogen-bond acceptors (Lipinski definition) is 3. The number of anilines is 1. The average molecular weight is 402 g/mol. The lowest BCUT2D eigenvalue weighted by atomic mass is 10.1. The maximum atomic E-state index is 12.0. The standard InChI is InChI=1S/C22H35N5O2/c1-5-21(29)27-11-10-19(15-27)26-22(23-6-2)24-14-17-8-7-9-18(13-17)25-20(28)12-16(3)4/h7-9,13,16,19H,5-6,10-12,14-15H2,1-4H3,(H,25,28)(H2,23,24,26). The van der Waals surface area contributed by atoms with Crippen molar-refractivity contribution in [3.8, 4) is 0 Å². The summed E-state index contributed by atoms with van der Waals surface area (Å²) in [7, 11) is 0. The number of nitrogens with one attached hydrogen (secondary N) is 3. The number of guanidine groups is 1. The van der Waals surface area contributed by atoms with Crippen LogP contribution in [0, 0.1) is 5.92 Å². The number of likely N-dealkylation sites (tertiary alicyclic amines) is 1. The Bertz CT molecular complexity index is 717. The SMILES string of the molecule is CCNC(=NCc1cccc(NC(=O)CC(C)C)c1)NC1CCN(C(=O)CC)C1. The highest BCUT2D eigenvalue weighted by Gasteiger charge is 2.25. The highest BCUT2D eigenvalue weighted by Crippen LogP contribution is 2.14. The van der Waals surface area contributed by atoms with Gasteiger partial charge in [-0.2, -0.15) is 0 Å². The van der Waals surface area contributed by atoms with Crippen molar-refractivity contribution in [1.82, 2.24) is 15.5 Å². The van der Waals surface area contributed by atoms with Crippen molar-refractivity contribution in [3.63, 3.8) is 0 Å². The molecule has 3 N–H and O–H groups in total. The van der Waals surface area contributed by atoms with Gasteiger partial charge in [-0.15, -0.1) is 0 Å². The Kier molecular flexibility index (Phi) is 8.96. The molecule has 0 saturated carbocycles. The van der Waals surface area contributed by atoms with Crippen LogP contribution in [0.3, 0.4) is 0 Å². The number of carbonyl (C=O) groups excluding carboxylic acids is 2. The summed E-state index contributed by atoms with van der Waals surface area (Å²) in [6.07, 6.45) is 1.98. The summed E-state index contributed by atoms with van der Waals surface area (Å²) in [6, 6.07) is 8.00. The molecule has 1 fully saturated rings. The van der Waals surface area contributed by atoms with Crippen molar-refractivity contribution in [2.75, 3.05) is 25.0 Å². The molecule has 1 aromatic carbocycles. The largest absolute Gasteiger partial charge is 0.357 e. The highest BCUT2D eigenvalue weighted by molar-refractivity contribution is 5.90. The summed E-state index contributed by atoms with van der Waals surface area (Å²) in [5.41, 5.74) is 1.82. The van der Waals surface area contributed by atoms with Crippen LogP contribution in [-0.2, 0) is 16.1 Å². The van der Waals surface area contributed by atoms with Gasteiger partial charge >= 0.3 is 0 Å². The molecular formula is C22H35N5O2. The maximum absolute atomic E-state index is 12.0. The van der Waals surface area contributed by atoms with E-state index in [2.05, 4.69) is 20.9 Å². The molecule has 7 nitrogen and oxygen atoms in total. The molecule has 2 rings (SSSR count). The van der Waals surface area contributed by atoms with Crippen molar-refractivity contribution < 1.29 is 9.59 Å². The summed E-state index contributed by atoms with van der Waals surface area (Å²) in [5, 5.41) is 9.66. The Balaban J connectivity index is 1.95. The van der Waals surface area contributed by atoms with Crippen LogP contribution in [0.1, 0.15) is 52.5 Å². The van der Waals surface area contributed by atoms with Crippen LogP contribution in [-0.4, -0.2) is 48.3 Å². The molecule has 0 bridgehead atoms. The van der Waals surface area contributed by atoms with Gasteiger partial charge in [0.2, 0.25) is 11.8 Å². The van der Waals surface area contributed by atoms with Gasteiger partial charge in [0.1, 0.15) is 0 Å². The quantitative estimate of drug-likeness (QED) is 0.462. The van der Waals surface area contributed by atoms with Crippen LogP contribution in [0.15, 0.2) is 29.3 Å². The minimum absolute atomic E-state index is 0.0306. The number of benzene rings is 1. The van der Waals surface area contributed by atoms with Crippen molar-refractivity contribution in [1.29, 1.82) is 0 Å². The number of rotatable bonds is 8. The summed E-state index contributed by atoms with van der Waals surface area (Å²) in [5.74, 6) is 1.31. The first-order valence-corrected chi connectivity index (χ1v) is 10.6. The van der Waals surface area contributed by atoms with Crippen molar-refractivity contribution in [3.05, 3.63) is 29.8 Å². The normalized spacial score (nSPS) is 16.8. The smallest absolute Gasteiger partial charge is 0.224 e. The zero-order valence-corrected chi connectivity index (χ0v) is 18.1. The number of hydrogen-bond donors (Lipinski definition) is 3. The lowest BCUT2D eigenvalue weighted by Gasteiger charge is -2.18. The minimum Gasteiger partial charge on any atom is -0.357 e. The third kappa shape index (κ3) is 7.75. The van der Waals surface area contributed by atoms with E-state index in [4.69, 9.17) is 0 Å². The Morgan fingerprint density at radius 2 is 2.07 bits per heavy atom. The molecule has 1 atom stereocenters. The fourth-order valence-electron chi connectivity index (χ4n) is 3.34. The third-order valence-electron chi connectivity index (χ3n) is 4.75. The number of aliphatic imine (C=N–C) groups is 1. The second-order valence-electron chi connectivity index (χ2n) is 7.86. The molecule has 1 heterocycles. The van der Waals surface area contributed by atoms with Crippen molar-refractivity contribution in [2.45, 2.75) is 59.5 Å². The summed E-state index contributed by atoms with van der Waals surface area (Å²) >= 11 is 0. The first-order chi connectivity index (χ1) is 13.9. The van der Waals surface area contributed by atoms with E-state index in [0.717, 1.165) is 36.7 Å². The minimum atomic E-state index is 0.0306. The Labute approximate surface area is 174 Å². The Morgan fingerprint density at radius 1 is 1.28 bits per heavy atom. The van der Waals surface area contributed by atoms with Crippen LogP contribution in [0.4, 0.5) is 5.69 Å². The average Bonchev–Trinajstić information content (AvgIpc) is 3.14. The van der Waals surface area contributed by atoms with E-state index in [-0.39, 0.29) is 17.9 Å².